The van der Waals surface area contributed by atoms with Gasteiger partial charge in [-0.1, -0.05) is 406 Å². The maximum atomic E-state index is 2.41. The number of fused-ring (bicyclic) bond motifs is 14. The number of nitrogens with zero attached hydrogens (tertiary/aromatic N) is 4. The molecule has 0 aliphatic carbocycles. The fraction of sp³-hybridized carbons (Fsp3) is 0. The van der Waals surface area contributed by atoms with Gasteiger partial charge in [0.15, 0.2) is 0 Å². The Balaban J connectivity index is 0.000000143. The van der Waals surface area contributed by atoms with Crippen molar-refractivity contribution in [3.05, 3.63) is 558 Å². The zero-order valence-corrected chi connectivity index (χ0v) is 78.9. The summed E-state index contributed by atoms with van der Waals surface area (Å²) in [6.07, 6.45) is 0. The van der Waals surface area contributed by atoms with Crippen molar-refractivity contribution in [2.45, 2.75) is 0 Å². The van der Waals surface area contributed by atoms with Crippen LogP contribution in [0.25, 0.3) is 230 Å². The van der Waals surface area contributed by atoms with Crippen LogP contribution in [-0.4, -0.2) is 9.13 Å². The predicted octanol–water partition coefficient (Wildman–Crippen LogP) is 39.1. The number of hydrogen-bond donors (Lipinski definition) is 0. The average molecular weight is 1830 g/mol. The van der Waals surface area contributed by atoms with E-state index in [0.29, 0.717) is 0 Å². The van der Waals surface area contributed by atoms with Crippen LogP contribution in [0, 0.1) is 0 Å². The van der Waals surface area contributed by atoms with Gasteiger partial charge in [0.05, 0.1) is 22.1 Å². The highest BCUT2D eigenvalue weighted by Crippen LogP contribution is 2.51. The van der Waals surface area contributed by atoms with Crippen LogP contribution < -0.4 is 9.80 Å². The molecule has 28 aromatic rings. The monoisotopic (exact) mass is 1830 g/mol. The second kappa shape index (κ2) is 35.8. The molecule has 0 unspecified atom stereocenters. The van der Waals surface area contributed by atoms with Crippen molar-refractivity contribution < 1.29 is 0 Å². The highest BCUT2D eigenvalue weighted by atomic mass is 15.1. The summed E-state index contributed by atoms with van der Waals surface area (Å²) in [6.45, 7) is 0. The highest BCUT2D eigenvalue weighted by Gasteiger charge is 2.26. The molecule has 2 heterocycles. The molecule has 0 saturated heterocycles. The SMILES string of the molecule is c1ccc(-n2c3ccccc3c3cc(N(c4ccc(-c5ccc6ccccc6c5)cc4)c4ccc(-c5c6ccccc6c(-c6ccc(-c7ccc8ccccc8c7)cc6)c6ccccc56)cc4)ccc32)cc1.c1ccc(-n2c3ccccc3c3cc(N(c4ccc(-c5ccc6ccccc6c5)cc4)c4ccc(-c5c6ccccc6c(-c6cccc(-c7ccc8ccccc8c7)c6)c6ccccc56)cc4)ccc32)cc1. The topological polar surface area (TPSA) is 16.3 Å². The van der Waals surface area contributed by atoms with E-state index in [2.05, 4.69) is 577 Å². The van der Waals surface area contributed by atoms with Crippen molar-refractivity contribution in [1.82, 2.24) is 9.13 Å². The van der Waals surface area contributed by atoms with Crippen LogP contribution in [0.5, 0.6) is 0 Å². The van der Waals surface area contributed by atoms with Crippen molar-refractivity contribution in [1.29, 1.82) is 0 Å². The Kier molecular flexibility index (Phi) is 20.9. The van der Waals surface area contributed by atoms with E-state index >= 15 is 0 Å². The van der Waals surface area contributed by atoms with E-state index in [1.807, 2.05) is 0 Å². The summed E-state index contributed by atoms with van der Waals surface area (Å²) in [6, 6.07) is 205. The second-order valence-electron chi connectivity index (χ2n) is 37.7. The number of para-hydroxylation sites is 4. The molecule has 0 aliphatic rings. The number of aromatic nitrogens is 2. The van der Waals surface area contributed by atoms with E-state index in [1.54, 1.807) is 0 Å². The van der Waals surface area contributed by atoms with Gasteiger partial charge < -0.3 is 18.9 Å². The van der Waals surface area contributed by atoms with Crippen molar-refractivity contribution in [3.8, 4) is 100 Å². The maximum Gasteiger partial charge on any atom is 0.0542 e. The Morgan fingerprint density at radius 1 is 0.111 bits per heavy atom. The van der Waals surface area contributed by atoms with Crippen LogP contribution in [0.15, 0.2) is 558 Å². The molecule has 2 aromatic heterocycles. The summed E-state index contributed by atoms with van der Waals surface area (Å²) in [5.41, 5.74) is 33.0. The summed E-state index contributed by atoms with van der Waals surface area (Å²) in [4.78, 5) is 4.81. The lowest BCUT2D eigenvalue weighted by Crippen LogP contribution is -2.10. The van der Waals surface area contributed by atoms with E-state index < -0.39 is 0 Å². The first-order chi connectivity index (χ1) is 71.4. The molecule has 0 bridgehead atoms. The normalized spacial score (nSPS) is 11.6. The van der Waals surface area contributed by atoms with Gasteiger partial charge in [-0.15, -0.1) is 0 Å². The first-order valence-corrected chi connectivity index (χ1v) is 49.6. The maximum absolute atomic E-state index is 2.41. The van der Waals surface area contributed by atoms with Gasteiger partial charge in [0, 0.05) is 67.0 Å². The van der Waals surface area contributed by atoms with E-state index in [0.717, 1.165) is 45.5 Å². The Labute approximate surface area is 835 Å². The van der Waals surface area contributed by atoms with Crippen LogP contribution in [0.1, 0.15) is 0 Å². The molecule has 4 heteroatoms. The Morgan fingerprint density at radius 2 is 0.326 bits per heavy atom. The van der Waals surface area contributed by atoms with Crippen molar-refractivity contribution >= 4 is 164 Å². The van der Waals surface area contributed by atoms with Crippen LogP contribution >= 0.6 is 0 Å². The van der Waals surface area contributed by atoms with E-state index in [9.17, 15) is 0 Å². The Hall–Kier alpha value is -19.0. The Bertz CT molecular complexity index is 9750. The first kappa shape index (κ1) is 84.3. The lowest BCUT2D eigenvalue weighted by Gasteiger charge is -2.26. The summed E-state index contributed by atoms with van der Waals surface area (Å²) in [5.74, 6) is 0. The smallest absolute Gasteiger partial charge is 0.0542 e. The average Bonchev–Trinajstić information content (AvgIpc) is 1.60. The molecule has 0 N–H and O–H groups in total. The van der Waals surface area contributed by atoms with Gasteiger partial charge in [-0.25, -0.2) is 0 Å². The van der Waals surface area contributed by atoms with Gasteiger partial charge in [-0.2, -0.15) is 0 Å². The minimum Gasteiger partial charge on any atom is -0.310 e. The van der Waals surface area contributed by atoms with E-state index in [-0.39, 0.29) is 0 Å². The minimum atomic E-state index is 1.08. The van der Waals surface area contributed by atoms with Gasteiger partial charge in [0.2, 0.25) is 0 Å². The largest absolute Gasteiger partial charge is 0.310 e. The molecule has 0 amide bonds. The van der Waals surface area contributed by atoms with Crippen LogP contribution in [0.4, 0.5) is 34.1 Å². The lowest BCUT2D eigenvalue weighted by molar-refractivity contribution is 1.18. The van der Waals surface area contributed by atoms with Gasteiger partial charge >= 0.3 is 0 Å². The van der Waals surface area contributed by atoms with Gasteiger partial charge in [0.25, 0.3) is 0 Å². The Morgan fingerprint density at radius 3 is 0.646 bits per heavy atom. The van der Waals surface area contributed by atoms with Crippen LogP contribution in [-0.2, 0) is 0 Å². The van der Waals surface area contributed by atoms with Gasteiger partial charge in [0.1, 0.15) is 0 Å². The standard InChI is InChI=1S/2C70H46N2/c1-2-21-57(22-3-1)72-67-28-13-12-23-61(67)66-46-60(41-42-68(66)72)71(58-37-33-49(34-38-58)54-31-29-47-15-4-6-17-51(47)43-54)59-39-35-50(36-40-59)69-62-24-8-10-26-64(62)70(65-27-11-9-25-63(65)69)56-20-14-19-53(45-56)55-32-30-48-16-5-7-18-52(48)44-55;1-2-18-57(19-3-1)72-67-25-13-12-20-61(67)66-46-60(42-43-68(66)72)71(58-38-34-50(35-39-58)56-33-29-48-15-5-7-17-54(48)45-56)59-40-36-52(37-41-59)70-64-23-10-8-21-62(64)69(63-22-9-11-24-65(63)70)51-30-26-49(27-31-51)55-32-28-47-14-4-6-16-53(47)44-55/h2*1-46H. The number of hydrogen-bond acceptors (Lipinski definition) is 2. The lowest BCUT2D eigenvalue weighted by atomic mass is 9.85. The summed E-state index contributed by atoms with van der Waals surface area (Å²) >= 11 is 0. The highest BCUT2D eigenvalue weighted by molar-refractivity contribution is 6.24. The zero-order valence-electron chi connectivity index (χ0n) is 78.9. The van der Waals surface area contributed by atoms with Crippen LogP contribution in [0.2, 0.25) is 0 Å². The summed E-state index contributed by atoms with van der Waals surface area (Å²) < 4.78 is 4.76. The number of benzene rings is 26. The molecule has 0 fully saturated rings. The minimum absolute atomic E-state index is 1.08. The summed E-state index contributed by atoms with van der Waals surface area (Å²) in [7, 11) is 0. The zero-order chi connectivity index (χ0) is 95.1. The third kappa shape index (κ3) is 15.0. The van der Waals surface area contributed by atoms with Crippen molar-refractivity contribution in [3.63, 3.8) is 0 Å². The molecule has 0 atom stereocenters. The molecular weight excluding hydrogens is 1740 g/mol. The van der Waals surface area contributed by atoms with E-state index in [1.165, 1.54) is 219 Å². The molecule has 0 aliphatic heterocycles. The quantitative estimate of drug-likeness (QED) is 0.0897. The number of rotatable bonds is 16. The molecule has 144 heavy (non-hydrogen) atoms. The molecule has 0 saturated carbocycles. The molecular formula is C140H92N4. The fourth-order valence-corrected chi connectivity index (χ4v) is 22.6. The van der Waals surface area contributed by atoms with Gasteiger partial charge in [-0.05, 0) is 327 Å². The van der Waals surface area contributed by atoms with Crippen molar-refractivity contribution in [2.24, 2.45) is 0 Å². The molecule has 26 aromatic carbocycles. The predicted molar refractivity (Wildman–Crippen MR) is 614 cm³/mol. The van der Waals surface area contributed by atoms with Gasteiger partial charge in [-0.3, -0.25) is 0 Å². The van der Waals surface area contributed by atoms with Crippen LogP contribution in [0.3, 0.4) is 0 Å². The third-order valence-corrected chi connectivity index (χ3v) is 29.5. The molecule has 0 radical (unpaired) electrons. The molecule has 28 rings (SSSR count). The second-order valence-corrected chi connectivity index (χ2v) is 37.7. The van der Waals surface area contributed by atoms with Crippen molar-refractivity contribution in [2.75, 3.05) is 9.80 Å². The number of anilines is 6. The molecule has 4 nitrogen and oxygen atoms in total. The molecule has 672 valence electrons. The fourth-order valence-electron chi connectivity index (χ4n) is 22.6. The first-order valence-electron chi connectivity index (χ1n) is 49.6. The van der Waals surface area contributed by atoms with E-state index in [4.69, 9.17) is 0 Å². The summed E-state index contributed by atoms with van der Waals surface area (Å²) in [5, 5.41) is 24.7. The third-order valence-electron chi connectivity index (χ3n) is 29.5. The molecule has 0 spiro atoms.